The van der Waals surface area contributed by atoms with Crippen molar-refractivity contribution in [3.8, 4) is 0 Å². The van der Waals surface area contributed by atoms with Crippen molar-refractivity contribution in [2.45, 2.75) is 19.1 Å². The van der Waals surface area contributed by atoms with Crippen LogP contribution in [-0.4, -0.2) is 11.7 Å². The Balaban J connectivity index is 3.09. The van der Waals surface area contributed by atoms with Gasteiger partial charge in [-0.2, -0.15) is 13.2 Å². The summed E-state index contributed by atoms with van der Waals surface area (Å²) in [7, 11) is 0. The molecule has 0 spiro atoms. The molecule has 0 aliphatic heterocycles. The minimum atomic E-state index is -4.34. The van der Waals surface area contributed by atoms with Crippen molar-refractivity contribution in [2.24, 2.45) is 5.73 Å². The lowest BCUT2D eigenvalue weighted by Gasteiger charge is -2.14. The van der Waals surface area contributed by atoms with Crippen molar-refractivity contribution in [1.29, 1.82) is 0 Å². The van der Waals surface area contributed by atoms with Crippen molar-refractivity contribution in [1.82, 2.24) is 0 Å². The lowest BCUT2D eigenvalue weighted by molar-refractivity contribution is -0.137. The SMILES string of the molecule is Cc1cc(C(F)(F)F)ccc1C(N)CO. The van der Waals surface area contributed by atoms with Crippen LogP contribution in [0.1, 0.15) is 22.7 Å². The molecule has 0 bridgehead atoms. The zero-order valence-electron chi connectivity index (χ0n) is 8.17. The van der Waals surface area contributed by atoms with E-state index in [1.807, 2.05) is 0 Å². The molecule has 84 valence electrons. The fourth-order valence-electron chi connectivity index (χ4n) is 1.37. The molecule has 0 aromatic heterocycles. The van der Waals surface area contributed by atoms with Gasteiger partial charge in [0.05, 0.1) is 18.2 Å². The van der Waals surface area contributed by atoms with Gasteiger partial charge in [-0.25, -0.2) is 0 Å². The van der Waals surface area contributed by atoms with Gasteiger partial charge in [0.2, 0.25) is 0 Å². The molecule has 0 heterocycles. The van der Waals surface area contributed by atoms with Crippen molar-refractivity contribution in [2.75, 3.05) is 6.61 Å². The van der Waals surface area contributed by atoms with Crippen LogP contribution in [0.25, 0.3) is 0 Å². The Morgan fingerprint density at radius 2 is 2.00 bits per heavy atom. The molecular weight excluding hydrogens is 207 g/mol. The number of hydrogen-bond acceptors (Lipinski definition) is 2. The average Bonchev–Trinajstić information content (AvgIpc) is 2.15. The summed E-state index contributed by atoms with van der Waals surface area (Å²) < 4.78 is 36.9. The number of halogens is 3. The number of aliphatic hydroxyl groups excluding tert-OH is 1. The minimum Gasteiger partial charge on any atom is -0.394 e. The van der Waals surface area contributed by atoms with E-state index in [-0.39, 0.29) is 6.61 Å². The molecule has 1 unspecified atom stereocenters. The maximum atomic E-state index is 12.3. The van der Waals surface area contributed by atoms with Crippen LogP contribution in [-0.2, 0) is 6.18 Å². The maximum Gasteiger partial charge on any atom is 0.416 e. The van der Waals surface area contributed by atoms with Crippen molar-refractivity contribution in [3.05, 3.63) is 34.9 Å². The second kappa shape index (κ2) is 4.20. The summed E-state index contributed by atoms with van der Waals surface area (Å²) in [6.07, 6.45) is -4.34. The Kier molecular flexibility index (Phi) is 3.36. The summed E-state index contributed by atoms with van der Waals surface area (Å²) in [4.78, 5) is 0. The fourth-order valence-corrected chi connectivity index (χ4v) is 1.37. The predicted octanol–water partition coefficient (Wildman–Crippen LogP) is 2.01. The molecule has 0 fully saturated rings. The van der Waals surface area contributed by atoms with Gasteiger partial charge in [-0.1, -0.05) is 6.07 Å². The van der Waals surface area contributed by atoms with Crippen LogP contribution in [0.4, 0.5) is 13.2 Å². The number of alkyl halides is 3. The van der Waals surface area contributed by atoms with E-state index in [1.165, 1.54) is 6.07 Å². The second-order valence-corrected chi connectivity index (χ2v) is 3.36. The van der Waals surface area contributed by atoms with E-state index >= 15 is 0 Å². The first-order valence-electron chi connectivity index (χ1n) is 4.40. The monoisotopic (exact) mass is 219 g/mol. The molecule has 0 saturated heterocycles. The first kappa shape index (κ1) is 12.0. The van der Waals surface area contributed by atoms with Gasteiger partial charge in [-0.05, 0) is 30.2 Å². The Bertz CT molecular complexity index is 349. The summed E-state index contributed by atoms with van der Waals surface area (Å²) in [5.74, 6) is 0. The molecule has 15 heavy (non-hydrogen) atoms. The quantitative estimate of drug-likeness (QED) is 0.799. The van der Waals surface area contributed by atoms with Crippen LogP contribution < -0.4 is 5.73 Å². The van der Waals surface area contributed by atoms with Gasteiger partial charge in [0.25, 0.3) is 0 Å². The van der Waals surface area contributed by atoms with Crippen LogP contribution in [0.15, 0.2) is 18.2 Å². The Hall–Kier alpha value is -1.07. The zero-order valence-corrected chi connectivity index (χ0v) is 8.17. The van der Waals surface area contributed by atoms with Crippen LogP contribution in [0.2, 0.25) is 0 Å². The summed E-state index contributed by atoms with van der Waals surface area (Å²) in [5.41, 5.74) is 5.79. The van der Waals surface area contributed by atoms with E-state index < -0.39 is 17.8 Å². The van der Waals surface area contributed by atoms with Gasteiger partial charge in [0, 0.05) is 0 Å². The largest absolute Gasteiger partial charge is 0.416 e. The lowest BCUT2D eigenvalue weighted by atomic mass is 10.00. The topological polar surface area (TPSA) is 46.2 Å². The molecule has 1 aromatic rings. The molecule has 0 aliphatic carbocycles. The first-order chi connectivity index (χ1) is 6.86. The van der Waals surface area contributed by atoms with E-state index in [0.29, 0.717) is 11.1 Å². The average molecular weight is 219 g/mol. The van der Waals surface area contributed by atoms with Gasteiger partial charge < -0.3 is 10.8 Å². The van der Waals surface area contributed by atoms with Gasteiger partial charge in [0.1, 0.15) is 0 Å². The van der Waals surface area contributed by atoms with Crippen molar-refractivity contribution < 1.29 is 18.3 Å². The molecular formula is C10H12F3NO. The lowest BCUT2D eigenvalue weighted by Crippen LogP contribution is -2.16. The van der Waals surface area contributed by atoms with Crippen molar-refractivity contribution in [3.63, 3.8) is 0 Å². The third-order valence-electron chi connectivity index (χ3n) is 2.19. The number of benzene rings is 1. The summed E-state index contributed by atoms with van der Waals surface area (Å²) >= 11 is 0. The van der Waals surface area contributed by atoms with E-state index in [4.69, 9.17) is 10.8 Å². The highest BCUT2D eigenvalue weighted by Gasteiger charge is 2.30. The van der Waals surface area contributed by atoms with E-state index in [2.05, 4.69) is 0 Å². The second-order valence-electron chi connectivity index (χ2n) is 3.36. The number of rotatable bonds is 2. The first-order valence-corrected chi connectivity index (χ1v) is 4.40. The minimum absolute atomic E-state index is 0.286. The number of aliphatic hydroxyl groups is 1. The van der Waals surface area contributed by atoms with E-state index in [0.717, 1.165) is 12.1 Å². The molecule has 0 amide bonds. The van der Waals surface area contributed by atoms with E-state index in [9.17, 15) is 13.2 Å². The maximum absolute atomic E-state index is 12.3. The molecule has 0 radical (unpaired) electrons. The zero-order chi connectivity index (χ0) is 11.6. The normalized spacial score (nSPS) is 14.0. The third-order valence-corrected chi connectivity index (χ3v) is 2.19. The smallest absolute Gasteiger partial charge is 0.394 e. The molecule has 5 heteroatoms. The highest BCUT2D eigenvalue weighted by molar-refractivity contribution is 5.34. The van der Waals surface area contributed by atoms with Crippen LogP contribution >= 0.6 is 0 Å². The predicted molar refractivity (Wildman–Crippen MR) is 50.2 cm³/mol. The Labute approximate surface area is 85.5 Å². The molecule has 0 aliphatic rings. The van der Waals surface area contributed by atoms with Gasteiger partial charge in [0.15, 0.2) is 0 Å². The number of aryl methyl sites for hydroxylation is 1. The van der Waals surface area contributed by atoms with Crippen molar-refractivity contribution >= 4 is 0 Å². The molecule has 2 nitrogen and oxygen atoms in total. The summed E-state index contributed by atoms with van der Waals surface area (Å²) in [6, 6.07) is 2.68. The fraction of sp³-hybridized carbons (Fsp3) is 0.400. The van der Waals surface area contributed by atoms with Crippen LogP contribution in [0, 0.1) is 6.92 Å². The molecule has 1 rings (SSSR count). The van der Waals surface area contributed by atoms with Crippen LogP contribution in [0.5, 0.6) is 0 Å². The van der Waals surface area contributed by atoms with Gasteiger partial charge in [-0.15, -0.1) is 0 Å². The molecule has 0 saturated carbocycles. The summed E-state index contributed by atoms with van der Waals surface area (Å²) in [6.45, 7) is 1.26. The molecule has 1 atom stereocenters. The highest BCUT2D eigenvalue weighted by Crippen LogP contribution is 2.31. The number of nitrogens with two attached hydrogens (primary N) is 1. The Morgan fingerprint density at radius 3 is 2.40 bits per heavy atom. The van der Waals surface area contributed by atoms with Gasteiger partial charge >= 0.3 is 6.18 Å². The summed E-state index contributed by atoms with van der Waals surface area (Å²) in [5, 5.41) is 8.79. The van der Waals surface area contributed by atoms with Crippen LogP contribution in [0.3, 0.4) is 0 Å². The molecule has 3 N–H and O–H groups in total. The Morgan fingerprint density at radius 1 is 1.40 bits per heavy atom. The van der Waals surface area contributed by atoms with Gasteiger partial charge in [-0.3, -0.25) is 0 Å². The third kappa shape index (κ3) is 2.70. The highest BCUT2D eigenvalue weighted by atomic mass is 19.4. The molecule has 1 aromatic carbocycles. The standard InChI is InChI=1S/C10H12F3NO/c1-6-4-7(10(11,12)13)2-3-8(6)9(14)5-15/h2-4,9,15H,5,14H2,1H3. The number of hydrogen-bond donors (Lipinski definition) is 2. The van der Waals surface area contributed by atoms with E-state index in [1.54, 1.807) is 6.92 Å².